The maximum absolute atomic E-state index is 13.9. The summed E-state index contributed by atoms with van der Waals surface area (Å²) in [6.45, 7) is 7.12. The summed E-state index contributed by atoms with van der Waals surface area (Å²) < 4.78 is 16.1. The maximum Gasteiger partial charge on any atom is 0.123 e. The van der Waals surface area contributed by atoms with Gasteiger partial charge in [-0.15, -0.1) is 0 Å². The number of aryl methyl sites for hydroxylation is 1. The molecule has 0 fully saturated rings. The van der Waals surface area contributed by atoms with Crippen molar-refractivity contribution in [3.63, 3.8) is 0 Å². The molecule has 1 aliphatic rings. The average molecular weight is 803 g/mol. The van der Waals surface area contributed by atoms with E-state index in [1.807, 2.05) is 12.1 Å². The van der Waals surface area contributed by atoms with Gasteiger partial charge in [-0.2, -0.15) is 0 Å². The van der Waals surface area contributed by atoms with E-state index in [1.54, 1.807) is 0 Å². The highest BCUT2D eigenvalue weighted by atomic mass is 28.3. The predicted octanol–water partition coefficient (Wildman–Crippen LogP) is 14.5. The lowest BCUT2D eigenvalue weighted by Crippen LogP contribution is -2.53. The van der Waals surface area contributed by atoms with Crippen molar-refractivity contribution in [1.29, 1.82) is 0 Å². The largest absolute Gasteiger partial charge is 0.311 e. The summed E-state index contributed by atoms with van der Waals surface area (Å²) in [6, 6.07) is 73.7. The summed E-state index contributed by atoms with van der Waals surface area (Å²) in [4.78, 5) is 2.34. The lowest BCUT2D eigenvalue weighted by molar-refractivity contribution is 0.627. The van der Waals surface area contributed by atoms with E-state index in [9.17, 15) is 4.39 Å². The minimum Gasteiger partial charge on any atom is -0.311 e. The zero-order valence-electron chi connectivity index (χ0n) is 34.4. The molecule has 0 saturated heterocycles. The topological polar surface area (TPSA) is 8.17 Å². The molecule has 10 aromatic rings. The van der Waals surface area contributed by atoms with Crippen molar-refractivity contribution < 1.29 is 4.39 Å². The third-order valence-corrected chi connectivity index (χ3v) is 16.3. The average Bonchev–Trinajstić information content (AvgIpc) is 3.60. The first-order valence-electron chi connectivity index (χ1n) is 21.0. The third-order valence-electron chi connectivity index (χ3n) is 12.8. The molecule has 9 aromatic carbocycles. The van der Waals surface area contributed by atoms with Gasteiger partial charge in [-0.3, -0.25) is 0 Å². The van der Waals surface area contributed by atoms with Crippen molar-refractivity contribution in [1.82, 2.24) is 4.57 Å². The molecule has 0 bridgehead atoms. The number of para-hydroxylation sites is 1. The quantitative estimate of drug-likeness (QED) is 0.152. The Balaban J connectivity index is 0.950. The second-order valence-corrected chi connectivity index (χ2v) is 21.1. The van der Waals surface area contributed by atoms with E-state index in [4.69, 9.17) is 0 Å². The van der Waals surface area contributed by atoms with Gasteiger partial charge in [0.15, 0.2) is 0 Å². The molecule has 0 N–H and O–H groups in total. The molecule has 0 saturated carbocycles. The Morgan fingerprint density at radius 3 is 1.57 bits per heavy atom. The molecular formula is C57H43FN2Si. The molecule has 61 heavy (non-hydrogen) atoms. The number of benzene rings is 9. The number of hydrogen-bond donors (Lipinski definition) is 0. The summed E-state index contributed by atoms with van der Waals surface area (Å²) >= 11 is 0. The molecular weight excluding hydrogens is 760 g/mol. The van der Waals surface area contributed by atoms with Crippen LogP contribution in [0.2, 0.25) is 13.1 Å². The van der Waals surface area contributed by atoms with Crippen molar-refractivity contribution in [3.8, 4) is 50.2 Å². The molecule has 0 amide bonds. The van der Waals surface area contributed by atoms with E-state index >= 15 is 0 Å². The van der Waals surface area contributed by atoms with E-state index in [0.29, 0.717) is 0 Å². The van der Waals surface area contributed by atoms with Crippen LogP contribution in [0.3, 0.4) is 0 Å². The van der Waals surface area contributed by atoms with Crippen LogP contribution in [-0.2, 0) is 0 Å². The normalized spacial score (nSPS) is 12.7. The van der Waals surface area contributed by atoms with Crippen molar-refractivity contribution in [2.75, 3.05) is 4.90 Å². The van der Waals surface area contributed by atoms with Gasteiger partial charge >= 0.3 is 0 Å². The summed E-state index contributed by atoms with van der Waals surface area (Å²) in [6.07, 6.45) is 0. The van der Waals surface area contributed by atoms with Crippen LogP contribution in [0.15, 0.2) is 206 Å². The minimum absolute atomic E-state index is 0.238. The van der Waals surface area contributed by atoms with Crippen LogP contribution in [0, 0.1) is 12.7 Å². The number of nitrogens with zero attached hydrogens (tertiary/aromatic N) is 2. The summed E-state index contributed by atoms with van der Waals surface area (Å²) in [7, 11) is -1.99. The number of fused-ring (bicyclic) bond motifs is 8. The Morgan fingerprint density at radius 2 is 0.902 bits per heavy atom. The first-order chi connectivity index (χ1) is 29.8. The molecule has 4 heteroatoms. The monoisotopic (exact) mass is 802 g/mol. The third kappa shape index (κ3) is 6.22. The van der Waals surface area contributed by atoms with Crippen LogP contribution < -0.4 is 15.3 Å². The van der Waals surface area contributed by atoms with Crippen LogP contribution in [0.25, 0.3) is 72.0 Å². The van der Waals surface area contributed by atoms with E-state index < -0.39 is 8.07 Å². The van der Waals surface area contributed by atoms with Crippen molar-refractivity contribution >= 4 is 57.3 Å². The summed E-state index contributed by atoms with van der Waals surface area (Å²) in [5, 5.41) is 5.31. The van der Waals surface area contributed by atoms with Gasteiger partial charge in [0, 0.05) is 33.5 Å². The fourth-order valence-electron chi connectivity index (χ4n) is 9.62. The fourth-order valence-corrected chi connectivity index (χ4v) is 12.7. The Labute approximate surface area is 357 Å². The second-order valence-electron chi connectivity index (χ2n) is 16.8. The van der Waals surface area contributed by atoms with E-state index in [1.165, 1.54) is 66.8 Å². The van der Waals surface area contributed by atoms with Crippen LogP contribution >= 0.6 is 0 Å². The highest BCUT2D eigenvalue weighted by Crippen LogP contribution is 2.41. The van der Waals surface area contributed by atoms with Gasteiger partial charge in [0.05, 0.1) is 11.0 Å². The van der Waals surface area contributed by atoms with E-state index in [0.717, 1.165) is 50.3 Å². The number of halogens is 1. The van der Waals surface area contributed by atoms with E-state index in [2.05, 4.69) is 211 Å². The maximum atomic E-state index is 13.9. The van der Waals surface area contributed by atoms with E-state index in [-0.39, 0.29) is 5.82 Å². The Kier molecular flexibility index (Phi) is 8.73. The Bertz CT molecular complexity index is 3270. The highest BCUT2D eigenvalue weighted by molar-refractivity contribution is 7.02. The SMILES string of the molecule is Cc1ccc(N(c2ccc(-c3ccc4c(c3)-c3ccccc3-c3ccccc3[Si]4(C)C)cc2)c2ccc(-c3ccc4c(c3)c3ccccc3n4-c3ccc(F)cc3)cc2)cc1. The predicted molar refractivity (Wildman–Crippen MR) is 259 cm³/mol. The van der Waals surface area contributed by atoms with Gasteiger partial charge in [0.2, 0.25) is 0 Å². The molecule has 0 radical (unpaired) electrons. The van der Waals surface area contributed by atoms with Crippen molar-refractivity contribution in [2.24, 2.45) is 0 Å². The van der Waals surface area contributed by atoms with Gasteiger partial charge in [-0.05, 0) is 147 Å². The second kappa shape index (κ2) is 14.5. The lowest BCUT2D eigenvalue weighted by atomic mass is 9.92. The van der Waals surface area contributed by atoms with Gasteiger partial charge in [0.25, 0.3) is 0 Å². The molecule has 0 unspecified atom stereocenters. The molecule has 11 rings (SSSR count). The van der Waals surface area contributed by atoms with Gasteiger partial charge < -0.3 is 9.47 Å². The molecule has 0 aliphatic carbocycles. The molecule has 0 spiro atoms. The van der Waals surface area contributed by atoms with Gasteiger partial charge in [0.1, 0.15) is 13.9 Å². The first-order valence-corrected chi connectivity index (χ1v) is 24.0. The van der Waals surface area contributed by atoms with Gasteiger partial charge in [-0.25, -0.2) is 4.39 Å². The summed E-state index contributed by atoms with van der Waals surface area (Å²) in [5.41, 5.74) is 17.7. The molecule has 1 aliphatic heterocycles. The lowest BCUT2D eigenvalue weighted by Gasteiger charge is -2.27. The van der Waals surface area contributed by atoms with Gasteiger partial charge in [-0.1, -0.05) is 140 Å². The Hall–Kier alpha value is -7.27. The zero-order chi connectivity index (χ0) is 41.2. The molecule has 2 nitrogen and oxygen atoms in total. The first kappa shape index (κ1) is 36.8. The smallest absolute Gasteiger partial charge is 0.123 e. The standard InChI is InChI=1S/C57H43FN2Si/c1-38-16-26-44(27-17-38)59(45-28-18-39(19-29-45)41-22-34-55-52(36-41)50-12-6-8-14-54(50)60(55)47-32-24-43(58)25-33-47)46-30-20-40(21-31-46)42-23-35-57-53(37-42)49-11-5-4-10-48(49)51-13-7-9-15-56(51)61(57,2)3/h4-37H,1-3H3. The number of rotatable bonds is 6. The van der Waals surface area contributed by atoms with Crippen LogP contribution in [-0.4, -0.2) is 12.6 Å². The van der Waals surface area contributed by atoms with Crippen molar-refractivity contribution in [2.45, 2.75) is 20.0 Å². The Morgan fingerprint density at radius 1 is 0.410 bits per heavy atom. The fraction of sp³-hybridized carbons (Fsp3) is 0.0526. The number of aromatic nitrogens is 1. The zero-order valence-corrected chi connectivity index (χ0v) is 35.4. The van der Waals surface area contributed by atoms with Crippen LogP contribution in [0.5, 0.6) is 0 Å². The number of anilines is 3. The minimum atomic E-state index is -1.99. The van der Waals surface area contributed by atoms with Crippen molar-refractivity contribution in [3.05, 3.63) is 218 Å². The van der Waals surface area contributed by atoms with Crippen LogP contribution in [0.1, 0.15) is 5.56 Å². The number of hydrogen-bond acceptors (Lipinski definition) is 1. The molecule has 0 atom stereocenters. The molecule has 2 heterocycles. The summed E-state index contributed by atoms with van der Waals surface area (Å²) in [5.74, 6) is -0.238. The molecule has 1 aromatic heterocycles. The molecule has 292 valence electrons. The van der Waals surface area contributed by atoms with Crippen LogP contribution in [0.4, 0.5) is 21.5 Å². The highest BCUT2D eigenvalue weighted by Gasteiger charge is 2.34.